The molecule has 1 aromatic carbocycles. The molecule has 5 heteroatoms. The van der Waals surface area contributed by atoms with Crippen molar-refractivity contribution in [1.82, 2.24) is 4.98 Å². The van der Waals surface area contributed by atoms with Gasteiger partial charge in [0.15, 0.2) is 0 Å². The molecule has 3 rings (SSSR count). The van der Waals surface area contributed by atoms with Gasteiger partial charge in [-0.15, -0.1) is 5.92 Å². The molecule has 1 unspecified atom stereocenters. The Morgan fingerprint density at radius 1 is 1.36 bits per heavy atom. The molecule has 0 spiro atoms. The number of hydrogen-bond acceptors (Lipinski definition) is 4. The molecule has 0 amide bonds. The van der Waals surface area contributed by atoms with Crippen LogP contribution < -0.4 is 73.6 Å². The van der Waals surface area contributed by atoms with Crippen LogP contribution in [0.25, 0.3) is 0 Å². The molecule has 1 aliphatic rings. The zero-order valence-electron chi connectivity index (χ0n) is 12.9. The van der Waals surface area contributed by atoms with E-state index in [-0.39, 0.29) is 74.3 Å². The molecule has 1 aromatic heterocycles. The summed E-state index contributed by atoms with van der Waals surface area (Å²) in [6.07, 6.45) is 4.65. The van der Waals surface area contributed by atoms with Gasteiger partial charge in [-0.3, -0.25) is 4.98 Å². The normalized spacial score (nSPS) is 20.4. The van der Waals surface area contributed by atoms with E-state index in [1.807, 2.05) is 37.1 Å². The molecule has 0 bridgehead atoms. The van der Waals surface area contributed by atoms with E-state index in [1.54, 1.807) is 18.0 Å². The summed E-state index contributed by atoms with van der Waals surface area (Å²) in [5.74, 6) is 1.41. The van der Waals surface area contributed by atoms with Crippen molar-refractivity contribution in [3.8, 4) is 5.75 Å². The number of thioether (sulfide) groups is 1. The molecule has 1 fully saturated rings. The minimum absolute atomic E-state index is 0. The van der Waals surface area contributed by atoms with Gasteiger partial charge in [0.2, 0.25) is 0 Å². The molecular formula is C17H18CsNO2S. The third kappa shape index (κ3) is 5.87. The third-order valence-electron chi connectivity index (χ3n) is 3.23. The Hall–Kier alpha value is 0.532. The van der Waals surface area contributed by atoms with Gasteiger partial charge in [0.25, 0.3) is 0 Å². The van der Waals surface area contributed by atoms with Crippen LogP contribution in [0.1, 0.15) is 18.9 Å². The maximum Gasteiger partial charge on any atom is 1.00 e. The monoisotopic (exact) mass is 433 g/mol. The van der Waals surface area contributed by atoms with Gasteiger partial charge in [-0.05, 0) is 30.7 Å². The second-order valence-corrected chi connectivity index (χ2v) is 6.39. The Morgan fingerprint density at radius 2 is 2.27 bits per heavy atom. The number of hydrogen-bond donors (Lipinski definition) is 0. The Balaban J connectivity index is 0.00000176. The minimum Gasteiger partial charge on any atom is -0.542 e. The Labute approximate surface area is 195 Å². The van der Waals surface area contributed by atoms with Crippen LogP contribution in [0, 0.1) is 12.5 Å². The summed E-state index contributed by atoms with van der Waals surface area (Å²) in [6, 6.07) is 12.1. The third-order valence-corrected chi connectivity index (χ3v) is 4.32. The number of benzene rings is 1. The maximum absolute atomic E-state index is 5.82. The van der Waals surface area contributed by atoms with E-state index < -0.39 is 0 Å². The summed E-state index contributed by atoms with van der Waals surface area (Å²) in [5, 5.41) is 0. The van der Waals surface area contributed by atoms with Crippen LogP contribution in [-0.2, 0) is 11.3 Å². The first-order chi connectivity index (χ1) is 10.3. The molecule has 22 heavy (non-hydrogen) atoms. The molecule has 2 aromatic rings. The summed E-state index contributed by atoms with van der Waals surface area (Å²) < 4.78 is 11.4. The van der Waals surface area contributed by atoms with E-state index in [2.05, 4.69) is 24.0 Å². The van der Waals surface area contributed by atoms with Gasteiger partial charge in [0, 0.05) is 22.9 Å². The van der Waals surface area contributed by atoms with Crippen LogP contribution in [-0.4, -0.2) is 10.4 Å². The van der Waals surface area contributed by atoms with Crippen molar-refractivity contribution in [3.05, 3.63) is 61.0 Å². The van der Waals surface area contributed by atoms with Crippen molar-refractivity contribution in [2.45, 2.75) is 30.3 Å². The van der Waals surface area contributed by atoms with Crippen molar-refractivity contribution >= 4 is 11.8 Å². The number of ether oxygens (including phenoxy) is 2. The minimum atomic E-state index is 0. The second-order valence-electron chi connectivity index (χ2n) is 5.16. The largest absolute Gasteiger partial charge is 1.00 e. The summed E-state index contributed by atoms with van der Waals surface area (Å²) in [7, 11) is 0. The predicted octanol–water partition coefficient (Wildman–Crippen LogP) is 1.30. The maximum atomic E-state index is 5.82. The summed E-state index contributed by atoms with van der Waals surface area (Å²) in [6.45, 7) is 4.64. The summed E-state index contributed by atoms with van der Waals surface area (Å²) in [4.78, 5) is 5.26. The van der Waals surface area contributed by atoms with Crippen molar-refractivity contribution in [2.75, 3.05) is 0 Å². The topological polar surface area (TPSA) is 31.4 Å². The van der Waals surface area contributed by atoms with Gasteiger partial charge in [-0.1, -0.05) is 30.8 Å². The summed E-state index contributed by atoms with van der Waals surface area (Å²) in [5.41, 5.74) is 1.28. The molecule has 3 nitrogen and oxygen atoms in total. The molecule has 0 saturated carbocycles. The van der Waals surface area contributed by atoms with E-state index in [1.165, 1.54) is 4.90 Å². The van der Waals surface area contributed by atoms with E-state index in [4.69, 9.17) is 9.47 Å². The fraction of sp³-hybridized carbons (Fsp3) is 0.294. The van der Waals surface area contributed by atoms with Gasteiger partial charge in [0.1, 0.15) is 12.4 Å². The van der Waals surface area contributed by atoms with Gasteiger partial charge < -0.3 is 9.47 Å². The molecule has 110 valence electrons. The fourth-order valence-corrected chi connectivity index (χ4v) is 3.32. The Morgan fingerprint density at radius 3 is 3.00 bits per heavy atom. The molecule has 0 N–H and O–H groups in total. The van der Waals surface area contributed by atoms with Gasteiger partial charge in [0.05, 0.1) is 5.44 Å². The van der Waals surface area contributed by atoms with Gasteiger partial charge >= 0.3 is 68.9 Å². The quantitative estimate of drug-likeness (QED) is 0.666. The number of aromatic nitrogens is 1. The Bertz CT molecular complexity index is 582. The van der Waals surface area contributed by atoms with Crippen LogP contribution in [0.2, 0.25) is 0 Å². The molecule has 0 aliphatic carbocycles. The first kappa shape index (κ1) is 18.9. The number of nitrogens with zero attached hydrogens (tertiary/aromatic N) is 1. The molecule has 1 saturated heterocycles. The Kier molecular flexibility index (Phi) is 8.35. The van der Waals surface area contributed by atoms with Crippen LogP contribution in [0.3, 0.4) is 0 Å². The second kappa shape index (κ2) is 9.74. The smallest absolute Gasteiger partial charge is 0.542 e. The number of pyridine rings is 1. The van der Waals surface area contributed by atoms with Crippen LogP contribution in [0.4, 0.5) is 0 Å². The van der Waals surface area contributed by atoms with Crippen LogP contribution in [0.5, 0.6) is 5.75 Å². The zero-order valence-corrected chi connectivity index (χ0v) is 20.0. The average molecular weight is 433 g/mol. The molecule has 2 heterocycles. The van der Waals surface area contributed by atoms with E-state index >= 15 is 0 Å². The molecule has 1 aliphatic heterocycles. The van der Waals surface area contributed by atoms with Crippen LogP contribution in [0.15, 0.2) is 53.7 Å². The fourth-order valence-electron chi connectivity index (χ4n) is 2.15. The first-order valence-corrected chi connectivity index (χ1v) is 7.95. The van der Waals surface area contributed by atoms with Gasteiger partial charge in [-0.2, -0.15) is 0 Å². The summed E-state index contributed by atoms with van der Waals surface area (Å²) >= 11 is 1.74. The van der Waals surface area contributed by atoms with E-state index in [0.29, 0.717) is 12.5 Å². The predicted molar refractivity (Wildman–Crippen MR) is 83.8 cm³/mol. The first-order valence-electron chi connectivity index (χ1n) is 7.07. The van der Waals surface area contributed by atoms with Gasteiger partial charge in [-0.25, -0.2) is 6.61 Å². The van der Waals surface area contributed by atoms with Crippen LogP contribution >= 0.6 is 11.8 Å². The molecular weight excluding hydrogens is 415 g/mol. The standard InChI is InChI=1S/C17H18NO2S.Cs/c1-13-8-17(20-11-13)21-16-6-2-5-15(9-16)19-12-14-4-3-7-18-10-14;/h2-7,9-11,13,17H,8,12H2,1H3;/q-1;+1/t13-,17?;/m1./s1. The van der Waals surface area contributed by atoms with E-state index in [9.17, 15) is 0 Å². The molecule has 2 atom stereocenters. The molecule has 0 radical (unpaired) electrons. The van der Waals surface area contributed by atoms with E-state index in [0.717, 1.165) is 17.7 Å². The van der Waals surface area contributed by atoms with Crippen molar-refractivity contribution < 1.29 is 78.4 Å². The van der Waals surface area contributed by atoms with Crippen molar-refractivity contribution in [3.63, 3.8) is 0 Å². The number of rotatable bonds is 5. The van der Waals surface area contributed by atoms with Crippen molar-refractivity contribution in [2.24, 2.45) is 5.92 Å². The SMILES string of the molecule is C[C@H]1[CH-]OC(Sc2cccc(OCc3cccnc3)c2)C1.[Cs+]. The zero-order chi connectivity index (χ0) is 14.5. The van der Waals surface area contributed by atoms with Crippen molar-refractivity contribution in [1.29, 1.82) is 0 Å². The average Bonchev–Trinajstić information content (AvgIpc) is 2.92.